The predicted molar refractivity (Wildman–Crippen MR) is 75.6 cm³/mol. The number of esters is 1. The van der Waals surface area contributed by atoms with Crippen LogP contribution in [-0.2, 0) is 9.53 Å². The molecule has 0 aromatic rings. The Morgan fingerprint density at radius 2 is 1.68 bits per heavy atom. The van der Waals surface area contributed by atoms with Crippen LogP contribution in [0.25, 0.3) is 0 Å². The van der Waals surface area contributed by atoms with Gasteiger partial charge < -0.3 is 4.74 Å². The van der Waals surface area contributed by atoms with Crippen molar-refractivity contribution in [1.29, 1.82) is 0 Å². The summed E-state index contributed by atoms with van der Waals surface area (Å²) in [6.45, 7) is 6.04. The summed E-state index contributed by atoms with van der Waals surface area (Å²) in [5.41, 5.74) is 0.677. The standard InChI is InChI=1S/C17H26O2/c1-3-4-5-11(2)17(18)19-16-14-7-12-6-13(9-14)10-15(16)8-12/h12-16H,2-10H2,1H3. The summed E-state index contributed by atoms with van der Waals surface area (Å²) in [6.07, 6.45) is 9.77. The molecule has 0 heterocycles. The molecule has 2 heteroatoms. The fraction of sp³-hybridized carbons (Fsp3) is 0.824. The number of rotatable bonds is 5. The van der Waals surface area contributed by atoms with Crippen LogP contribution >= 0.6 is 0 Å². The molecule has 0 radical (unpaired) electrons. The minimum absolute atomic E-state index is 0.120. The maximum atomic E-state index is 12.1. The quantitative estimate of drug-likeness (QED) is 0.551. The molecular weight excluding hydrogens is 236 g/mol. The maximum absolute atomic E-state index is 12.1. The van der Waals surface area contributed by atoms with E-state index in [1.165, 1.54) is 32.1 Å². The van der Waals surface area contributed by atoms with Gasteiger partial charge in [-0.15, -0.1) is 0 Å². The fourth-order valence-electron chi connectivity index (χ4n) is 4.77. The Morgan fingerprint density at radius 3 is 2.21 bits per heavy atom. The van der Waals surface area contributed by atoms with Gasteiger partial charge >= 0.3 is 5.97 Å². The number of hydrogen-bond donors (Lipinski definition) is 0. The third-order valence-corrected chi connectivity index (χ3v) is 5.50. The number of ether oxygens (including phenoxy) is 1. The van der Waals surface area contributed by atoms with Crippen molar-refractivity contribution in [3.8, 4) is 0 Å². The zero-order valence-corrected chi connectivity index (χ0v) is 12.1. The van der Waals surface area contributed by atoms with Crippen LogP contribution in [-0.4, -0.2) is 12.1 Å². The first-order chi connectivity index (χ1) is 9.17. The minimum atomic E-state index is -0.120. The van der Waals surface area contributed by atoms with E-state index in [9.17, 15) is 4.79 Å². The lowest BCUT2D eigenvalue weighted by molar-refractivity contribution is -0.166. The molecular formula is C17H26O2. The summed E-state index contributed by atoms with van der Waals surface area (Å²) >= 11 is 0. The van der Waals surface area contributed by atoms with Crippen LogP contribution in [0.2, 0.25) is 0 Å². The topological polar surface area (TPSA) is 26.3 Å². The van der Waals surface area contributed by atoms with Crippen molar-refractivity contribution in [3.05, 3.63) is 12.2 Å². The third kappa shape index (κ3) is 2.59. The van der Waals surface area contributed by atoms with Gasteiger partial charge in [-0.3, -0.25) is 0 Å². The molecule has 0 aromatic heterocycles. The Bertz CT molecular complexity index is 343. The highest BCUT2D eigenvalue weighted by Gasteiger charge is 2.49. The number of carbonyl (C=O) groups excluding carboxylic acids is 1. The molecule has 0 unspecified atom stereocenters. The van der Waals surface area contributed by atoms with Crippen molar-refractivity contribution in [2.24, 2.45) is 23.7 Å². The van der Waals surface area contributed by atoms with Gasteiger partial charge in [-0.25, -0.2) is 4.79 Å². The molecule has 2 nitrogen and oxygen atoms in total. The van der Waals surface area contributed by atoms with Gasteiger partial charge in [-0.05, 0) is 68.6 Å². The van der Waals surface area contributed by atoms with E-state index in [2.05, 4.69) is 13.5 Å². The monoisotopic (exact) mass is 262 g/mol. The highest BCUT2D eigenvalue weighted by Crippen LogP contribution is 2.54. The first-order valence-corrected chi connectivity index (χ1v) is 8.06. The van der Waals surface area contributed by atoms with E-state index in [0.29, 0.717) is 17.4 Å². The van der Waals surface area contributed by atoms with Crippen molar-refractivity contribution in [3.63, 3.8) is 0 Å². The Balaban J connectivity index is 1.58. The summed E-state index contributed by atoms with van der Waals surface area (Å²) < 4.78 is 5.85. The first-order valence-electron chi connectivity index (χ1n) is 8.06. The summed E-state index contributed by atoms with van der Waals surface area (Å²) in [5.74, 6) is 3.05. The molecule has 4 fully saturated rings. The largest absolute Gasteiger partial charge is 0.458 e. The molecule has 106 valence electrons. The molecule has 0 N–H and O–H groups in total. The van der Waals surface area contributed by atoms with Gasteiger partial charge in [0.05, 0.1) is 0 Å². The molecule has 4 aliphatic carbocycles. The normalized spacial score (nSPS) is 39.3. The van der Waals surface area contributed by atoms with Gasteiger partial charge in [0, 0.05) is 5.57 Å². The van der Waals surface area contributed by atoms with E-state index in [4.69, 9.17) is 4.74 Å². The van der Waals surface area contributed by atoms with Gasteiger partial charge in [0.1, 0.15) is 6.10 Å². The summed E-state index contributed by atoms with van der Waals surface area (Å²) in [6, 6.07) is 0. The molecule has 0 aliphatic heterocycles. The maximum Gasteiger partial charge on any atom is 0.333 e. The molecule has 4 bridgehead atoms. The molecule has 4 rings (SSSR count). The van der Waals surface area contributed by atoms with Gasteiger partial charge in [-0.1, -0.05) is 19.9 Å². The van der Waals surface area contributed by atoms with E-state index in [0.717, 1.165) is 31.1 Å². The minimum Gasteiger partial charge on any atom is -0.458 e. The van der Waals surface area contributed by atoms with Gasteiger partial charge in [0.2, 0.25) is 0 Å². The van der Waals surface area contributed by atoms with Crippen LogP contribution in [0.4, 0.5) is 0 Å². The fourth-order valence-corrected chi connectivity index (χ4v) is 4.77. The van der Waals surface area contributed by atoms with Crippen LogP contribution in [0.1, 0.15) is 58.3 Å². The average Bonchev–Trinajstić information content (AvgIpc) is 2.39. The Hall–Kier alpha value is -0.790. The second-order valence-corrected chi connectivity index (χ2v) is 7.01. The summed E-state index contributed by atoms with van der Waals surface area (Å²) in [4.78, 5) is 12.1. The lowest BCUT2D eigenvalue weighted by Gasteiger charge is -2.53. The van der Waals surface area contributed by atoms with Crippen LogP contribution < -0.4 is 0 Å². The van der Waals surface area contributed by atoms with Crippen molar-refractivity contribution in [2.75, 3.05) is 0 Å². The summed E-state index contributed by atoms with van der Waals surface area (Å²) in [7, 11) is 0. The van der Waals surface area contributed by atoms with Crippen LogP contribution in [0.5, 0.6) is 0 Å². The smallest absolute Gasteiger partial charge is 0.333 e. The van der Waals surface area contributed by atoms with E-state index in [1.807, 2.05) is 0 Å². The van der Waals surface area contributed by atoms with Crippen molar-refractivity contribution in [2.45, 2.75) is 64.4 Å². The lowest BCUT2D eigenvalue weighted by atomic mass is 9.55. The molecule has 0 saturated heterocycles. The van der Waals surface area contributed by atoms with Crippen molar-refractivity contribution < 1.29 is 9.53 Å². The van der Waals surface area contributed by atoms with E-state index in [-0.39, 0.29) is 12.1 Å². The molecule has 4 aliphatic rings. The molecule has 0 atom stereocenters. The Kier molecular flexibility index (Phi) is 3.68. The predicted octanol–water partition coefficient (Wildman–Crippen LogP) is 4.10. The van der Waals surface area contributed by atoms with E-state index < -0.39 is 0 Å². The van der Waals surface area contributed by atoms with Crippen molar-refractivity contribution in [1.82, 2.24) is 0 Å². The lowest BCUT2D eigenvalue weighted by Crippen LogP contribution is -2.50. The molecule has 0 amide bonds. The average molecular weight is 262 g/mol. The molecule has 19 heavy (non-hydrogen) atoms. The van der Waals surface area contributed by atoms with Crippen LogP contribution in [0, 0.1) is 23.7 Å². The number of carbonyl (C=O) groups is 1. The van der Waals surface area contributed by atoms with Gasteiger partial charge in [-0.2, -0.15) is 0 Å². The summed E-state index contributed by atoms with van der Waals surface area (Å²) in [5, 5.41) is 0. The zero-order valence-electron chi connectivity index (χ0n) is 12.1. The highest BCUT2D eigenvalue weighted by atomic mass is 16.5. The molecule has 0 spiro atoms. The van der Waals surface area contributed by atoms with Crippen LogP contribution in [0.3, 0.4) is 0 Å². The second kappa shape index (κ2) is 5.30. The SMILES string of the molecule is C=C(CCCC)C(=O)OC1C2CC3CC(C2)CC1C3. The first kappa shape index (κ1) is 13.2. The Morgan fingerprint density at radius 1 is 1.11 bits per heavy atom. The molecule has 0 aromatic carbocycles. The Labute approximate surface area is 116 Å². The van der Waals surface area contributed by atoms with Crippen LogP contribution in [0.15, 0.2) is 12.2 Å². The van der Waals surface area contributed by atoms with E-state index >= 15 is 0 Å². The van der Waals surface area contributed by atoms with Gasteiger partial charge in [0.25, 0.3) is 0 Å². The number of unbranched alkanes of at least 4 members (excludes halogenated alkanes) is 1. The zero-order chi connectivity index (χ0) is 13.4. The van der Waals surface area contributed by atoms with E-state index in [1.54, 1.807) is 0 Å². The molecule has 4 saturated carbocycles. The third-order valence-electron chi connectivity index (χ3n) is 5.50. The van der Waals surface area contributed by atoms with Gasteiger partial charge in [0.15, 0.2) is 0 Å². The second-order valence-electron chi connectivity index (χ2n) is 7.01. The van der Waals surface area contributed by atoms with Crippen molar-refractivity contribution >= 4 is 5.97 Å². The highest BCUT2D eigenvalue weighted by molar-refractivity contribution is 5.87. The number of hydrogen-bond acceptors (Lipinski definition) is 2.